The van der Waals surface area contributed by atoms with Crippen molar-refractivity contribution >= 4 is 5.78 Å². The Labute approximate surface area is 106 Å². The largest absolute Gasteiger partial charge is 0.311 e. The van der Waals surface area contributed by atoms with E-state index in [2.05, 4.69) is 10.3 Å². The van der Waals surface area contributed by atoms with E-state index in [9.17, 15) is 9.18 Å². The van der Waals surface area contributed by atoms with Crippen LogP contribution in [0.1, 0.15) is 41.9 Å². The summed E-state index contributed by atoms with van der Waals surface area (Å²) in [6.45, 7) is 1.78. The molecule has 2 aliphatic heterocycles. The topological polar surface area (TPSA) is 42.0 Å². The summed E-state index contributed by atoms with van der Waals surface area (Å²) in [6, 6.07) is 3.81. The minimum atomic E-state index is -0.489. The second kappa shape index (κ2) is 4.43. The molecule has 18 heavy (non-hydrogen) atoms. The molecule has 1 aromatic heterocycles. The second-order valence-corrected chi connectivity index (χ2v) is 5.45. The fraction of sp³-hybridized carbons (Fsp3) is 0.571. The standard InChI is InChI=1S/C14H17FN2O/c1-8-2-5-12(15)13(16-8)14(18)9-6-10-3-4-11(7-9)17-10/h2,5,9-11,17H,3-4,6-7H2,1H3. The van der Waals surface area contributed by atoms with E-state index < -0.39 is 5.82 Å². The number of carbonyl (C=O) groups excluding carboxylic acids is 1. The van der Waals surface area contributed by atoms with Crippen LogP contribution in [-0.4, -0.2) is 22.9 Å². The predicted molar refractivity (Wildman–Crippen MR) is 65.9 cm³/mol. The highest BCUT2D eigenvalue weighted by molar-refractivity contribution is 5.96. The lowest BCUT2D eigenvalue weighted by atomic mass is 9.87. The third-order valence-electron chi connectivity index (χ3n) is 4.06. The summed E-state index contributed by atoms with van der Waals surface area (Å²) < 4.78 is 13.7. The molecule has 2 fully saturated rings. The van der Waals surface area contributed by atoms with Crippen molar-refractivity contribution in [3.8, 4) is 0 Å². The maximum absolute atomic E-state index is 13.7. The van der Waals surface area contributed by atoms with E-state index in [0.717, 1.165) is 25.7 Å². The monoisotopic (exact) mass is 248 g/mol. The van der Waals surface area contributed by atoms with Crippen LogP contribution in [0.15, 0.2) is 12.1 Å². The Hall–Kier alpha value is -1.29. The van der Waals surface area contributed by atoms with E-state index in [1.807, 2.05) is 0 Å². The maximum Gasteiger partial charge on any atom is 0.187 e. The van der Waals surface area contributed by atoms with Crippen LogP contribution in [0.5, 0.6) is 0 Å². The summed E-state index contributed by atoms with van der Waals surface area (Å²) in [5.74, 6) is -0.668. The van der Waals surface area contributed by atoms with Crippen molar-refractivity contribution in [2.24, 2.45) is 5.92 Å². The Bertz CT molecular complexity index is 477. The first kappa shape index (κ1) is 11.8. The second-order valence-electron chi connectivity index (χ2n) is 5.45. The van der Waals surface area contributed by atoms with Crippen LogP contribution in [-0.2, 0) is 0 Å². The lowest BCUT2D eigenvalue weighted by Gasteiger charge is -2.27. The zero-order chi connectivity index (χ0) is 12.7. The molecule has 4 heteroatoms. The summed E-state index contributed by atoms with van der Waals surface area (Å²) in [7, 11) is 0. The van der Waals surface area contributed by atoms with Crippen molar-refractivity contribution < 1.29 is 9.18 Å². The number of carbonyl (C=O) groups is 1. The van der Waals surface area contributed by atoms with Gasteiger partial charge in [-0.05, 0) is 44.7 Å². The Kier molecular flexibility index (Phi) is 2.90. The van der Waals surface area contributed by atoms with Crippen LogP contribution in [0.25, 0.3) is 0 Å². The van der Waals surface area contributed by atoms with Crippen LogP contribution < -0.4 is 5.32 Å². The highest BCUT2D eigenvalue weighted by Crippen LogP contribution is 2.32. The van der Waals surface area contributed by atoms with Gasteiger partial charge in [0.05, 0.1) is 0 Å². The Morgan fingerprint density at radius 3 is 2.67 bits per heavy atom. The molecule has 2 atom stereocenters. The van der Waals surface area contributed by atoms with E-state index in [1.54, 1.807) is 13.0 Å². The maximum atomic E-state index is 13.7. The smallest absolute Gasteiger partial charge is 0.187 e. The number of aromatic nitrogens is 1. The molecule has 96 valence electrons. The molecule has 0 saturated carbocycles. The number of ketones is 1. The number of nitrogens with one attached hydrogen (secondary N) is 1. The molecular weight excluding hydrogens is 231 g/mol. The number of hydrogen-bond acceptors (Lipinski definition) is 3. The number of halogens is 1. The summed E-state index contributed by atoms with van der Waals surface area (Å²) in [5, 5.41) is 3.49. The van der Waals surface area contributed by atoms with Crippen LogP contribution in [0, 0.1) is 18.7 Å². The first-order chi connectivity index (χ1) is 8.63. The number of Topliss-reactive ketones (excluding diaryl/α,β-unsaturated/α-hetero) is 1. The van der Waals surface area contributed by atoms with Crippen LogP contribution in [0.2, 0.25) is 0 Å². The summed E-state index contributed by atoms with van der Waals surface area (Å²) in [6.07, 6.45) is 3.92. The number of fused-ring (bicyclic) bond motifs is 2. The van der Waals surface area contributed by atoms with Crippen LogP contribution in [0.3, 0.4) is 0 Å². The van der Waals surface area contributed by atoms with Gasteiger partial charge in [0.2, 0.25) is 0 Å². The van der Waals surface area contributed by atoms with E-state index in [4.69, 9.17) is 0 Å². The molecule has 2 saturated heterocycles. The molecule has 0 aliphatic carbocycles. The molecule has 0 spiro atoms. The lowest BCUT2D eigenvalue weighted by molar-refractivity contribution is 0.0865. The molecule has 0 radical (unpaired) electrons. The van der Waals surface area contributed by atoms with Crippen molar-refractivity contribution in [3.63, 3.8) is 0 Å². The lowest BCUT2D eigenvalue weighted by Crippen LogP contribution is -2.40. The van der Waals surface area contributed by atoms with Gasteiger partial charge in [0.15, 0.2) is 11.6 Å². The Balaban J connectivity index is 1.84. The van der Waals surface area contributed by atoms with Gasteiger partial charge in [0.25, 0.3) is 0 Å². The number of pyridine rings is 1. The number of piperidine rings is 1. The summed E-state index contributed by atoms with van der Waals surface area (Å²) >= 11 is 0. The molecule has 0 amide bonds. The number of nitrogens with zero attached hydrogens (tertiary/aromatic N) is 1. The average Bonchev–Trinajstić information content (AvgIpc) is 2.70. The first-order valence-corrected chi connectivity index (χ1v) is 6.57. The van der Waals surface area contributed by atoms with Crippen molar-refractivity contribution in [1.29, 1.82) is 0 Å². The molecule has 2 bridgehead atoms. The normalized spacial score (nSPS) is 30.4. The first-order valence-electron chi connectivity index (χ1n) is 6.57. The van der Waals surface area contributed by atoms with Gasteiger partial charge in [-0.3, -0.25) is 4.79 Å². The molecule has 0 aromatic carbocycles. The van der Waals surface area contributed by atoms with E-state index >= 15 is 0 Å². The van der Waals surface area contributed by atoms with Gasteiger partial charge < -0.3 is 5.32 Å². The summed E-state index contributed by atoms with van der Waals surface area (Å²) in [5.41, 5.74) is 0.720. The van der Waals surface area contributed by atoms with E-state index in [1.165, 1.54) is 6.07 Å². The zero-order valence-corrected chi connectivity index (χ0v) is 10.4. The SMILES string of the molecule is Cc1ccc(F)c(C(=O)C2CC3CCC(C2)N3)n1. The molecular formula is C14H17FN2O. The third-order valence-corrected chi connectivity index (χ3v) is 4.06. The molecule has 2 aliphatic rings. The van der Waals surface area contributed by atoms with Gasteiger partial charge >= 0.3 is 0 Å². The van der Waals surface area contributed by atoms with Crippen molar-refractivity contribution in [3.05, 3.63) is 29.3 Å². The molecule has 1 aromatic rings. The van der Waals surface area contributed by atoms with Gasteiger partial charge in [-0.15, -0.1) is 0 Å². The quantitative estimate of drug-likeness (QED) is 0.816. The van der Waals surface area contributed by atoms with Gasteiger partial charge in [0.1, 0.15) is 5.69 Å². The van der Waals surface area contributed by atoms with Gasteiger partial charge in [0, 0.05) is 23.7 Å². The van der Waals surface area contributed by atoms with Crippen molar-refractivity contribution in [1.82, 2.24) is 10.3 Å². The number of hydrogen-bond donors (Lipinski definition) is 1. The van der Waals surface area contributed by atoms with E-state index in [-0.39, 0.29) is 17.4 Å². The Morgan fingerprint density at radius 2 is 2.00 bits per heavy atom. The zero-order valence-electron chi connectivity index (χ0n) is 10.4. The van der Waals surface area contributed by atoms with Gasteiger partial charge in [-0.2, -0.15) is 0 Å². The van der Waals surface area contributed by atoms with Crippen molar-refractivity contribution in [2.75, 3.05) is 0 Å². The fourth-order valence-corrected chi connectivity index (χ4v) is 3.18. The third kappa shape index (κ3) is 2.05. The molecule has 3 rings (SSSR count). The molecule has 1 N–H and O–H groups in total. The highest BCUT2D eigenvalue weighted by atomic mass is 19.1. The molecule has 2 unspecified atom stereocenters. The average molecular weight is 248 g/mol. The molecule has 3 nitrogen and oxygen atoms in total. The van der Waals surface area contributed by atoms with Crippen LogP contribution in [0.4, 0.5) is 4.39 Å². The van der Waals surface area contributed by atoms with Gasteiger partial charge in [-0.1, -0.05) is 0 Å². The fourth-order valence-electron chi connectivity index (χ4n) is 3.18. The van der Waals surface area contributed by atoms with Crippen LogP contribution >= 0.6 is 0 Å². The van der Waals surface area contributed by atoms with Gasteiger partial charge in [-0.25, -0.2) is 9.37 Å². The number of aryl methyl sites for hydroxylation is 1. The Morgan fingerprint density at radius 1 is 1.33 bits per heavy atom. The minimum Gasteiger partial charge on any atom is -0.311 e. The minimum absolute atomic E-state index is 0.0290. The number of rotatable bonds is 2. The van der Waals surface area contributed by atoms with Crippen molar-refractivity contribution in [2.45, 2.75) is 44.7 Å². The highest BCUT2D eigenvalue weighted by Gasteiger charge is 2.37. The predicted octanol–water partition coefficient (Wildman–Crippen LogP) is 2.24. The van der Waals surface area contributed by atoms with E-state index in [0.29, 0.717) is 17.8 Å². The summed E-state index contributed by atoms with van der Waals surface area (Å²) in [4.78, 5) is 16.4. The molecule has 3 heterocycles.